The second-order valence-corrected chi connectivity index (χ2v) is 4.85. The minimum absolute atomic E-state index is 0.123. The van der Waals surface area contributed by atoms with Gasteiger partial charge in [0.2, 0.25) is 0 Å². The molecule has 0 radical (unpaired) electrons. The van der Waals surface area contributed by atoms with E-state index in [2.05, 4.69) is 10.3 Å². The molecule has 16 heavy (non-hydrogen) atoms. The summed E-state index contributed by atoms with van der Waals surface area (Å²) in [5.41, 5.74) is -0.328. The maximum absolute atomic E-state index is 11.5. The first-order chi connectivity index (χ1) is 7.29. The molecular weight excluding hydrogens is 251 g/mol. The number of aromatic nitrogens is 1. The lowest BCUT2D eigenvalue weighted by Gasteiger charge is -2.20. The van der Waals surface area contributed by atoms with Crippen molar-refractivity contribution < 1.29 is 9.53 Å². The van der Waals surface area contributed by atoms with Crippen LogP contribution in [0.3, 0.4) is 0 Å². The number of anilines is 1. The fourth-order valence-electron chi connectivity index (χ4n) is 0.932. The summed E-state index contributed by atoms with van der Waals surface area (Å²) in [4.78, 5) is 15.3. The molecule has 1 aromatic rings. The number of rotatable bonds is 1. The Balaban J connectivity index is 2.78. The van der Waals surface area contributed by atoms with Gasteiger partial charge < -0.3 is 4.74 Å². The lowest BCUT2D eigenvalue weighted by molar-refractivity contribution is 0.0636. The van der Waals surface area contributed by atoms with Crippen LogP contribution in [0.15, 0.2) is 12.3 Å². The van der Waals surface area contributed by atoms with Gasteiger partial charge in [-0.3, -0.25) is 5.32 Å². The van der Waals surface area contributed by atoms with E-state index in [9.17, 15) is 4.79 Å². The zero-order valence-corrected chi connectivity index (χ0v) is 10.7. The highest BCUT2D eigenvalue weighted by Crippen LogP contribution is 2.28. The van der Waals surface area contributed by atoms with E-state index < -0.39 is 11.7 Å². The fourth-order valence-corrected chi connectivity index (χ4v) is 1.38. The smallest absolute Gasteiger partial charge is 0.412 e. The van der Waals surface area contributed by atoms with Crippen LogP contribution in [0.5, 0.6) is 0 Å². The Morgan fingerprint density at radius 2 is 2.06 bits per heavy atom. The molecule has 0 aliphatic rings. The molecule has 0 aliphatic carbocycles. The lowest BCUT2D eigenvalue weighted by atomic mass is 10.2. The maximum Gasteiger partial charge on any atom is 0.412 e. The van der Waals surface area contributed by atoms with Gasteiger partial charge in [0, 0.05) is 6.20 Å². The van der Waals surface area contributed by atoms with Crippen LogP contribution in [0.2, 0.25) is 10.2 Å². The number of halogens is 2. The van der Waals surface area contributed by atoms with Gasteiger partial charge in [0.1, 0.15) is 11.3 Å². The Kier molecular flexibility index (Phi) is 3.99. The third kappa shape index (κ3) is 3.87. The molecule has 0 saturated heterocycles. The second kappa shape index (κ2) is 4.89. The lowest BCUT2D eigenvalue weighted by Crippen LogP contribution is -2.27. The van der Waals surface area contributed by atoms with E-state index in [4.69, 9.17) is 27.9 Å². The summed E-state index contributed by atoms with van der Waals surface area (Å²) in [5.74, 6) is 0. The average molecular weight is 263 g/mol. The average Bonchev–Trinajstić information content (AvgIpc) is 2.08. The summed E-state index contributed by atoms with van der Waals surface area (Å²) in [5, 5.41) is 2.88. The van der Waals surface area contributed by atoms with Crippen LogP contribution >= 0.6 is 23.2 Å². The van der Waals surface area contributed by atoms with Crippen LogP contribution in [-0.2, 0) is 4.74 Å². The Hall–Kier alpha value is -1.00. The Morgan fingerprint density at radius 1 is 1.44 bits per heavy atom. The molecular formula is C10H12Cl2N2O2. The summed E-state index contributed by atoms with van der Waals surface area (Å²) in [6.45, 7) is 5.29. The number of carbonyl (C=O) groups is 1. The number of hydrogen-bond donors (Lipinski definition) is 1. The van der Waals surface area contributed by atoms with Gasteiger partial charge in [0.15, 0.2) is 5.15 Å². The summed E-state index contributed by atoms with van der Waals surface area (Å²) in [7, 11) is 0. The predicted octanol–water partition coefficient (Wildman–Crippen LogP) is 3.74. The van der Waals surface area contributed by atoms with Gasteiger partial charge in [-0.1, -0.05) is 23.2 Å². The van der Waals surface area contributed by atoms with E-state index in [0.717, 1.165) is 0 Å². The third-order valence-electron chi connectivity index (χ3n) is 1.48. The van der Waals surface area contributed by atoms with Gasteiger partial charge in [-0.15, -0.1) is 0 Å². The molecule has 0 atom stereocenters. The van der Waals surface area contributed by atoms with Crippen molar-refractivity contribution in [2.24, 2.45) is 0 Å². The highest BCUT2D eigenvalue weighted by Gasteiger charge is 2.18. The van der Waals surface area contributed by atoms with Crippen LogP contribution in [0.1, 0.15) is 20.8 Å². The van der Waals surface area contributed by atoms with Crippen molar-refractivity contribution in [1.82, 2.24) is 4.98 Å². The van der Waals surface area contributed by atoms with Crippen molar-refractivity contribution in [3.05, 3.63) is 22.4 Å². The van der Waals surface area contributed by atoms with Crippen LogP contribution in [0, 0.1) is 0 Å². The van der Waals surface area contributed by atoms with Gasteiger partial charge in [-0.05, 0) is 26.8 Å². The number of nitrogens with zero attached hydrogens (tertiary/aromatic N) is 1. The topological polar surface area (TPSA) is 51.2 Å². The van der Waals surface area contributed by atoms with E-state index in [1.165, 1.54) is 12.3 Å². The molecule has 1 rings (SSSR count). The molecule has 1 N–H and O–H groups in total. The van der Waals surface area contributed by atoms with Crippen LogP contribution in [0.25, 0.3) is 0 Å². The van der Waals surface area contributed by atoms with Crippen LogP contribution in [0.4, 0.5) is 10.5 Å². The first kappa shape index (κ1) is 13.1. The molecule has 0 aliphatic heterocycles. The van der Waals surface area contributed by atoms with Crippen molar-refractivity contribution in [2.75, 3.05) is 5.32 Å². The van der Waals surface area contributed by atoms with Gasteiger partial charge in [0.05, 0.1) is 5.02 Å². The summed E-state index contributed by atoms with van der Waals surface area (Å²) in [6.07, 6.45) is 0.828. The van der Waals surface area contributed by atoms with Crippen LogP contribution in [-0.4, -0.2) is 16.7 Å². The third-order valence-corrected chi connectivity index (χ3v) is 2.08. The minimum Gasteiger partial charge on any atom is -0.444 e. The molecule has 4 nitrogen and oxygen atoms in total. The molecule has 1 heterocycles. The Bertz CT molecular complexity index is 382. The molecule has 0 saturated carbocycles. The zero-order chi connectivity index (χ0) is 12.3. The summed E-state index contributed by atoms with van der Waals surface area (Å²) >= 11 is 11.6. The first-order valence-corrected chi connectivity index (χ1v) is 5.35. The Morgan fingerprint density at radius 3 is 2.56 bits per heavy atom. The van der Waals surface area contributed by atoms with E-state index in [-0.39, 0.29) is 10.8 Å². The number of carbonyl (C=O) groups excluding carboxylic acids is 1. The summed E-state index contributed by atoms with van der Waals surface area (Å²) in [6, 6.07) is 1.53. The molecule has 88 valence electrons. The molecule has 6 heteroatoms. The second-order valence-electron chi connectivity index (χ2n) is 4.09. The first-order valence-electron chi connectivity index (χ1n) is 4.59. The van der Waals surface area contributed by atoms with E-state index in [0.29, 0.717) is 5.02 Å². The molecule has 0 aromatic carbocycles. The zero-order valence-electron chi connectivity index (χ0n) is 9.17. The van der Waals surface area contributed by atoms with E-state index in [1.807, 2.05) is 0 Å². The molecule has 0 bridgehead atoms. The Labute approximate surface area is 104 Å². The molecule has 1 amide bonds. The number of ether oxygens (including phenoxy) is 1. The standard InChI is InChI=1S/C10H12Cl2N2O2/c1-10(2,3)16-9(15)14-7-6(11)4-5-13-8(7)12/h4-5H,1-3H3,(H,14,15). The monoisotopic (exact) mass is 262 g/mol. The fraction of sp³-hybridized carbons (Fsp3) is 0.400. The number of nitrogens with one attached hydrogen (secondary N) is 1. The minimum atomic E-state index is -0.621. The van der Waals surface area contributed by atoms with Gasteiger partial charge in [0.25, 0.3) is 0 Å². The molecule has 1 aromatic heterocycles. The van der Waals surface area contributed by atoms with Crippen LogP contribution < -0.4 is 5.32 Å². The normalized spacial score (nSPS) is 11.1. The predicted molar refractivity (Wildman–Crippen MR) is 64.1 cm³/mol. The SMILES string of the molecule is CC(C)(C)OC(=O)Nc1c(Cl)ccnc1Cl. The van der Waals surface area contributed by atoms with Gasteiger partial charge in [-0.25, -0.2) is 9.78 Å². The number of pyridine rings is 1. The molecule has 0 unspecified atom stereocenters. The molecule has 0 fully saturated rings. The number of amides is 1. The maximum atomic E-state index is 11.5. The van der Waals surface area contributed by atoms with Gasteiger partial charge in [-0.2, -0.15) is 0 Å². The van der Waals surface area contributed by atoms with Crippen molar-refractivity contribution >= 4 is 35.0 Å². The quantitative estimate of drug-likeness (QED) is 0.785. The summed E-state index contributed by atoms with van der Waals surface area (Å²) < 4.78 is 5.06. The van der Waals surface area contributed by atoms with E-state index in [1.54, 1.807) is 20.8 Å². The van der Waals surface area contributed by atoms with E-state index >= 15 is 0 Å². The van der Waals surface area contributed by atoms with Crippen molar-refractivity contribution in [2.45, 2.75) is 26.4 Å². The van der Waals surface area contributed by atoms with Crippen molar-refractivity contribution in [1.29, 1.82) is 0 Å². The highest BCUT2D eigenvalue weighted by atomic mass is 35.5. The molecule has 0 spiro atoms. The number of hydrogen-bond acceptors (Lipinski definition) is 3. The van der Waals surface area contributed by atoms with Crippen molar-refractivity contribution in [3.8, 4) is 0 Å². The largest absolute Gasteiger partial charge is 0.444 e. The van der Waals surface area contributed by atoms with Crippen molar-refractivity contribution in [3.63, 3.8) is 0 Å². The van der Waals surface area contributed by atoms with Gasteiger partial charge >= 0.3 is 6.09 Å². The highest BCUT2D eigenvalue weighted by molar-refractivity contribution is 6.38.